The Bertz CT molecular complexity index is 517. The van der Waals surface area contributed by atoms with Gasteiger partial charge in [-0.1, -0.05) is 24.3 Å². The fourth-order valence-electron chi connectivity index (χ4n) is 3.83. The van der Waals surface area contributed by atoms with E-state index >= 15 is 0 Å². The lowest BCUT2D eigenvalue weighted by molar-refractivity contribution is -0.132. The van der Waals surface area contributed by atoms with E-state index in [4.69, 9.17) is 4.74 Å². The minimum atomic E-state index is 0.0940. The van der Waals surface area contributed by atoms with Gasteiger partial charge >= 0.3 is 0 Å². The zero-order valence-electron chi connectivity index (χ0n) is 13.7. The standard InChI is InChI=1S/C19H27NO3/c21-14-16-4-1-2-6-18(16)15-9-11-20(12-10-15)19(22)8-7-17-5-3-13-23-17/h1-2,4,6,15,17,21H,3,5,7-14H2. The van der Waals surface area contributed by atoms with Crippen molar-refractivity contribution in [1.29, 1.82) is 0 Å². The van der Waals surface area contributed by atoms with Crippen molar-refractivity contribution in [1.82, 2.24) is 4.90 Å². The molecule has 2 aliphatic heterocycles. The van der Waals surface area contributed by atoms with E-state index in [1.165, 1.54) is 5.56 Å². The topological polar surface area (TPSA) is 49.8 Å². The van der Waals surface area contributed by atoms with Crippen molar-refractivity contribution in [3.63, 3.8) is 0 Å². The molecule has 1 N–H and O–H groups in total. The molecule has 4 heteroatoms. The first-order chi connectivity index (χ1) is 11.3. The minimum absolute atomic E-state index is 0.0940. The minimum Gasteiger partial charge on any atom is -0.392 e. The molecule has 0 spiro atoms. The van der Waals surface area contributed by atoms with Gasteiger partial charge in [-0.05, 0) is 49.1 Å². The maximum atomic E-state index is 12.4. The molecule has 23 heavy (non-hydrogen) atoms. The molecular weight excluding hydrogens is 290 g/mol. The molecule has 126 valence electrons. The van der Waals surface area contributed by atoms with Gasteiger partial charge in [0.25, 0.3) is 0 Å². The summed E-state index contributed by atoms with van der Waals surface area (Å²) in [4.78, 5) is 14.4. The molecule has 0 aromatic heterocycles. The lowest BCUT2D eigenvalue weighted by Crippen LogP contribution is -2.38. The van der Waals surface area contributed by atoms with E-state index in [0.717, 1.165) is 57.4 Å². The molecule has 1 unspecified atom stereocenters. The Morgan fingerprint density at radius 1 is 1.22 bits per heavy atom. The molecule has 2 fully saturated rings. The zero-order valence-corrected chi connectivity index (χ0v) is 13.7. The van der Waals surface area contributed by atoms with Gasteiger partial charge in [-0.15, -0.1) is 0 Å². The lowest BCUT2D eigenvalue weighted by atomic mass is 9.86. The fraction of sp³-hybridized carbons (Fsp3) is 0.632. The van der Waals surface area contributed by atoms with Gasteiger partial charge in [-0.25, -0.2) is 0 Å². The highest BCUT2D eigenvalue weighted by atomic mass is 16.5. The molecule has 1 aromatic rings. The van der Waals surface area contributed by atoms with Gasteiger partial charge in [0.1, 0.15) is 0 Å². The molecule has 3 rings (SSSR count). The molecule has 1 aromatic carbocycles. The normalized spacial score (nSPS) is 22.5. The first kappa shape index (κ1) is 16.5. The highest BCUT2D eigenvalue weighted by Crippen LogP contribution is 2.31. The third kappa shape index (κ3) is 4.12. The first-order valence-electron chi connectivity index (χ1n) is 8.86. The number of piperidine rings is 1. The molecule has 2 heterocycles. The number of benzene rings is 1. The second kappa shape index (κ2) is 7.93. The van der Waals surface area contributed by atoms with E-state index in [-0.39, 0.29) is 12.5 Å². The third-order valence-electron chi connectivity index (χ3n) is 5.22. The number of aliphatic hydroxyl groups excluding tert-OH is 1. The summed E-state index contributed by atoms with van der Waals surface area (Å²) in [6.45, 7) is 2.61. The number of amides is 1. The molecule has 2 saturated heterocycles. The summed E-state index contributed by atoms with van der Waals surface area (Å²) in [5, 5.41) is 9.49. The number of nitrogens with zero attached hydrogens (tertiary/aromatic N) is 1. The van der Waals surface area contributed by atoms with Crippen LogP contribution in [0.1, 0.15) is 55.6 Å². The Kier molecular flexibility index (Phi) is 5.68. The Balaban J connectivity index is 1.48. The van der Waals surface area contributed by atoms with Crippen molar-refractivity contribution in [2.24, 2.45) is 0 Å². The van der Waals surface area contributed by atoms with Gasteiger partial charge in [0.15, 0.2) is 0 Å². The van der Waals surface area contributed by atoms with Crippen LogP contribution in [0.5, 0.6) is 0 Å². The van der Waals surface area contributed by atoms with Crippen LogP contribution in [0.25, 0.3) is 0 Å². The number of carbonyl (C=O) groups excluding carboxylic acids is 1. The second-order valence-electron chi connectivity index (χ2n) is 6.69. The van der Waals surface area contributed by atoms with Gasteiger partial charge < -0.3 is 14.7 Å². The average Bonchev–Trinajstić information content (AvgIpc) is 3.13. The van der Waals surface area contributed by atoms with Crippen LogP contribution < -0.4 is 0 Å². The predicted octanol–water partition coefficient (Wildman–Crippen LogP) is 2.84. The van der Waals surface area contributed by atoms with E-state index in [9.17, 15) is 9.90 Å². The van der Waals surface area contributed by atoms with Crippen LogP contribution in [0, 0.1) is 0 Å². The number of aliphatic hydroxyl groups is 1. The van der Waals surface area contributed by atoms with Crippen molar-refractivity contribution in [3.8, 4) is 0 Å². The van der Waals surface area contributed by atoms with E-state index in [1.807, 2.05) is 23.1 Å². The monoisotopic (exact) mass is 317 g/mol. The number of rotatable bonds is 5. The number of likely N-dealkylation sites (tertiary alicyclic amines) is 1. The van der Waals surface area contributed by atoms with Gasteiger partial charge in [0.05, 0.1) is 12.7 Å². The number of hydrogen-bond donors (Lipinski definition) is 1. The maximum absolute atomic E-state index is 12.4. The molecule has 2 aliphatic rings. The molecule has 1 amide bonds. The summed E-state index contributed by atoms with van der Waals surface area (Å²) in [6, 6.07) is 8.12. The Hall–Kier alpha value is -1.39. The van der Waals surface area contributed by atoms with Crippen LogP contribution in [0.4, 0.5) is 0 Å². The van der Waals surface area contributed by atoms with Crippen LogP contribution in [0.2, 0.25) is 0 Å². The highest BCUT2D eigenvalue weighted by Gasteiger charge is 2.25. The smallest absolute Gasteiger partial charge is 0.222 e. The van der Waals surface area contributed by atoms with E-state index in [0.29, 0.717) is 18.4 Å². The molecule has 0 radical (unpaired) electrons. The zero-order chi connectivity index (χ0) is 16.1. The quantitative estimate of drug-likeness (QED) is 0.908. The van der Waals surface area contributed by atoms with Gasteiger partial charge in [-0.2, -0.15) is 0 Å². The molecule has 0 aliphatic carbocycles. The molecule has 0 saturated carbocycles. The summed E-state index contributed by atoms with van der Waals surface area (Å²) < 4.78 is 5.60. The largest absolute Gasteiger partial charge is 0.392 e. The third-order valence-corrected chi connectivity index (χ3v) is 5.22. The van der Waals surface area contributed by atoms with Crippen molar-refractivity contribution in [3.05, 3.63) is 35.4 Å². The maximum Gasteiger partial charge on any atom is 0.222 e. The van der Waals surface area contributed by atoms with Gasteiger partial charge in [-0.3, -0.25) is 4.79 Å². The van der Waals surface area contributed by atoms with Crippen LogP contribution in [-0.4, -0.2) is 41.7 Å². The summed E-state index contributed by atoms with van der Waals surface area (Å²) in [7, 11) is 0. The Morgan fingerprint density at radius 2 is 2.00 bits per heavy atom. The Labute approximate surface area is 138 Å². The summed E-state index contributed by atoms with van der Waals surface area (Å²) >= 11 is 0. The fourth-order valence-corrected chi connectivity index (χ4v) is 3.83. The Morgan fingerprint density at radius 3 is 2.70 bits per heavy atom. The predicted molar refractivity (Wildman–Crippen MR) is 89.1 cm³/mol. The van der Waals surface area contributed by atoms with Crippen LogP contribution in [0.15, 0.2) is 24.3 Å². The van der Waals surface area contributed by atoms with E-state index in [2.05, 4.69) is 6.07 Å². The molecular formula is C19H27NO3. The molecule has 0 bridgehead atoms. The number of ether oxygens (including phenoxy) is 1. The highest BCUT2D eigenvalue weighted by molar-refractivity contribution is 5.76. The average molecular weight is 317 g/mol. The SMILES string of the molecule is O=C(CCC1CCCO1)N1CCC(c2ccccc2CO)CC1. The second-order valence-corrected chi connectivity index (χ2v) is 6.69. The van der Waals surface area contributed by atoms with Crippen molar-refractivity contribution in [2.75, 3.05) is 19.7 Å². The van der Waals surface area contributed by atoms with Crippen molar-refractivity contribution < 1.29 is 14.6 Å². The lowest BCUT2D eigenvalue weighted by Gasteiger charge is -2.33. The summed E-state index contributed by atoms with van der Waals surface area (Å²) in [5.41, 5.74) is 2.28. The summed E-state index contributed by atoms with van der Waals surface area (Å²) in [6.07, 6.45) is 6.00. The molecule has 1 atom stereocenters. The van der Waals surface area contributed by atoms with Gasteiger partial charge in [0.2, 0.25) is 5.91 Å². The van der Waals surface area contributed by atoms with Crippen LogP contribution >= 0.6 is 0 Å². The first-order valence-corrected chi connectivity index (χ1v) is 8.86. The van der Waals surface area contributed by atoms with E-state index in [1.54, 1.807) is 0 Å². The molecule has 4 nitrogen and oxygen atoms in total. The van der Waals surface area contributed by atoms with Crippen molar-refractivity contribution in [2.45, 2.75) is 57.2 Å². The number of carbonyl (C=O) groups is 1. The van der Waals surface area contributed by atoms with Crippen LogP contribution in [0.3, 0.4) is 0 Å². The number of hydrogen-bond acceptors (Lipinski definition) is 3. The summed E-state index contributed by atoms with van der Waals surface area (Å²) in [5.74, 6) is 0.731. The van der Waals surface area contributed by atoms with E-state index < -0.39 is 0 Å². The van der Waals surface area contributed by atoms with Crippen LogP contribution in [-0.2, 0) is 16.1 Å². The van der Waals surface area contributed by atoms with Gasteiger partial charge in [0, 0.05) is 26.1 Å². The van der Waals surface area contributed by atoms with Crippen molar-refractivity contribution >= 4 is 5.91 Å².